The van der Waals surface area contributed by atoms with Crippen LogP contribution in [0.5, 0.6) is 5.75 Å². The third-order valence-corrected chi connectivity index (χ3v) is 2.28. The second-order valence-electron chi connectivity index (χ2n) is 3.29. The molecular weight excluding hydrogens is 187 g/mol. The van der Waals surface area contributed by atoms with Crippen molar-refractivity contribution in [3.05, 3.63) is 29.6 Å². The third kappa shape index (κ3) is 1.55. The molecule has 1 aromatic rings. The molecule has 0 fully saturated rings. The summed E-state index contributed by atoms with van der Waals surface area (Å²) in [5.74, 6) is -0.908. The number of carboxylic acids is 1. The fourth-order valence-corrected chi connectivity index (χ4v) is 1.63. The molecule has 74 valence electrons. The number of carbonyl (C=O) groups is 1. The van der Waals surface area contributed by atoms with Crippen molar-refractivity contribution >= 4 is 5.97 Å². The van der Waals surface area contributed by atoms with Gasteiger partial charge in [0.05, 0.1) is 13.0 Å². The maximum atomic E-state index is 12.8. The van der Waals surface area contributed by atoms with Crippen molar-refractivity contribution in [3.8, 4) is 5.75 Å². The van der Waals surface area contributed by atoms with E-state index in [9.17, 15) is 9.18 Å². The van der Waals surface area contributed by atoms with E-state index in [1.807, 2.05) is 0 Å². The van der Waals surface area contributed by atoms with Gasteiger partial charge >= 0.3 is 5.97 Å². The molecule has 0 spiro atoms. The largest absolute Gasteiger partial charge is 0.493 e. The lowest BCUT2D eigenvalue weighted by Crippen LogP contribution is -2.07. The van der Waals surface area contributed by atoms with Crippen LogP contribution in [0.2, 0.25) is 0 Å². The van der Waals surface area contributed by atoms with Crippen LogP contribution in [-0.2, 0) is 4.79 Å². The Morgan fingerprint density at radius 3 is 3.14 bits per heavy atom. The Morgan fingerprint density at radius 2 is 2.43 bits per heavy atom. The standard InChI is InChI=1S/C10H9FO3/c11-7-1-2-8-6(3-10(12)13)5-14-9(8)4-7/h1-2,4,6H,3,5H2,(H,12,13)/t6-/m0/s1. The van der Waals surface area contributed by atoms with Crippen molar-refractivity contribution in [2.45, 2.75) is 12.3 Å². The quantitative estimate of drug-likeness (QED) is 0.784. The molecule has 0 amide bonds. The van der Waals surface area contributed by atoms with Gasteiger partial charge in [-0.3, -0.25) is 4.79 Å². The number of halogens is 1. The number of aliphatic carboxylic acids is 1. The Morgan fingerprint density at radius 1 is 1.64 bits per heavy atom. The highest BCUT2D eigenvalue weighted by atomic mass is 19.1. The topological polar surface area (TPSA) is 46.5 Å². The highest BCUT2D eigenvalue weighted by molar-refractivity contribution is 5.68. The van der Waals surface area contributed by atoms with E-state index in [4.69, 9.17) is 9.84 Å². The zero-order chi connectivity index (χ0) is 10.1. The maximum absolute atomic E-state index is 12.8. The molecule has 4 heteroatoms. The monoisotopic (exact) mass is 196 g/mol. The first-order chi connectivity index (χ1) is 6.66. The average Bonchev–Trinajstić information content (AvgIpc) is 2.47. The molecule has 0 saturated heterocycles. The van der Waals surface area contributed by atoms with Gasteiger partial charge < -0.3 is 9.84 Å². The van der Waals surface area contributed by atoms with Crippen LogP contribution < -0.4 is 4.74 Å². The van der Waals surface area contributed by atoms with Crippen molar-refractivity contribution in [3.63, 3.8) is 0 Å². The van der Waals surface area contributed by atoms with Gasteiger partial charge in [-0.2, -0.15) is 0 Å². The van der Waals surface area contributed by atoms with Crippen molar-refractivity contribution in [1.82, 2.24) is 0 Å². The average molecular weight is 196 g/mol. The number of hydrogen-bond donors (Lipinski definition) is 1. The zero-order valence-electron chi connectivity index (χ0n) is 7.37. The molecular formula is C10H9FO3. The number of fused-ring (bicyclic) bond motifs is 1. The molecule has 0 aliphatic carbocycles. The normalized spacial score (nSPS) is 18.8. The maximum Gasteiger partial charge on any atom is 0.304 e. The van der Waals surface area contributed by atoms with Gasteiger partial charge in [-0.05, 0) is 6.07 Å². The van der Waals surface area contributed by atoms with Crippen LogP contribution in [0, 0.1) is 5.82 Å². The van der Waals surface area contributed by atoms with Crippen molar-refractivity contribution in [1.29, 1.82) is 0 Å². The minimum Gasteiger partial charge on any atom is -0.493 e. The Kier molecular flexibility index (Phi) is 2.11. The molecule has 1 N–H and O–H groups in total. The predicted molar refractivity (Wildman–Crippen MR) is 46.9 cm³/mol. The first-order valence-electron chi connectivity index (χ1n) is 4.31. The predicted octanol–water partition coefficient (Wildman–Crippen LogP) is 1.78. The summed E-state index contributed by atoms with van der Waals surface area (Å²) in [5, 5.41) is 8.62. The van der Waals surface area contributed by atoms with Gasteiger partial charge in [0.1, 0.15) is 11.6 Å². The Hall–Kier alpha value is -1.58. The second kappa shape index (κ2) is 3.29. The lowest BCUT2D eigenvalue weighted by atomic mass is 9.98. The lowest BCUT2D eigenvalue weighted by Gasteiger charge is -2.03. The van der Waals surface area contributed by atoms with E-state index < -0.39 is 5.97 Å². The molecule has 0 bridgehead atoms. The Labute approximate surface area is 80.1 Å². The summed E-state index contributed by atoms with van der Waals surface area (Å²) in [4.78, 5) is 10.5. The smallest absolute Gasteiger partial charge is 0.304 e. The molecule has 3 nitrogen and oxygen atoms in total. The fraction of sp³-hybridized carbons (Fsp3) is 0.300. The minimum absolute atomic E-state index is 0.0264. The minimum atomic E-state index is -0.865. The summed E-state index contributed by atoms with van der Waals surface area (Å²) in [5.41, 5.74) is 0.786. The van der Waals surface area contributed by atoms with Crippen LogP contribution in [0.3, 0.4) is 0 Å². The van der Waals surface area contributed by atoms with Crippen molar-refractivity contribution < 1.29 is 19.0 Å². The fourth-order valence-electron chi connectivity index (χ4n) is 1.63. The van der Waals surface area contributed by atoms with Crippen LogP contribution in [0.1, 0.15) is 17.9 Å². The number of hydrogen-bond acceptors (Lipinski definition) is 2. The van der Waals surface area contributed by atoms with Gasteiger partial charge in [0.2, 0.25) is 0 Å². The molecule has 1 atom stereocenters. The number of ether oxygens (including phenoxy) is 1. The lowest BCUT2D eigenvalue weighted by molar-refractivity contribution is -0.137. The molecule has 14 heavy (non-hydrogen) atoms. The van der Waals surface area contributed by atoms with Gasteiger partial charge in [0.25, 0.3) is 0 Å². The van der Waals surface area contributed by atoms with Crippen LogP contribution in [-0.4, -0.2) is 17.7 Å². The van der Waals surface area contributed by atoms with E-state index >= 15 is 0 Å². The summed E-state index contributed by atoms with van der Waals surface area (Å²) in [6.45, 7) is 0.324. The zero-order valence-corrected chi connectivity index (χ0v) is 7.37. The van der Waals surface area contributed by atoms with E-state index in [2.05, 4.69) is 0 Å². The molecule has 0 aromatic heterocycles. The first kappa shape index (κ1) is 8.99. The van der Waals surface area contributed by atoms with Crippen molar-refractivity contribution in [2.24, 2.45) is 0 Å². The van der Waals surface area contributed by atoms with Crippen molar-refractivity contribution in [2.75, 3.05) is 6.61 Å². The Bertz CT molecular complexity index is 376. The van der Waals surface area contributed by atoms with Crippen LogP contribution >= 0.6 is 0 Å². The Balaban J connectivity index is 2.26. The molecule has 2 rings (SSSR count). The summed E-state index contributed by atoms with van der Waals surface area (Å²) >= 11 is 0. The number of carboxylic acid groups (broad SMARTS) is 1. The van der Waals surface area contributed by atoms with E-state index in [1.165, 1.54) is 12.1 Å². The SMILES string of the molecule is O=C(O)C[C@H]1COc2cc(F)ccc21. The summed E-state index contributed by atoms with van der Waals surface area (Å²) in [6.07, 6.45) is 0.0264. The van der Waals surface area contributed by atoms with E-state index in [0.717, 1.165) is 5.56 Å². The molecule has 1 aliphatic heterocycles. The summed E-state index contributed by atoms with van der Waals surface area (Å²) < 4.78 is 17.9. The number of benzene rings is 1. The highest BCUT2D eigenvalue weighted by Crippen LogP contribution is 2.35. The molecule has 0 unspecified atom stereocenters. The van der Waals surface area contributed by atoms with E-state index in [1.54, 1.807) is 6.07 Å². The van der Waals surface area contributed by atoms with Crippen LogP contribution in [0.15, 0.2) is 18.2 Å². The molecule has 1 aromatic carbocycles. The molecule has 1 aliphatic rings. The molecule has 1 heterocycles. The van der Waals surface area contributed by atoms with Gasteiger partial charge in [0, 0.05) is 17.5 Å². The second-order valence-corrected chi connectivity index (χ2v) is 3.29. The highest BCUT2D eigenvalue weighted by Gasteiger charge is 2.26. The van der Waals surface area contributed by atoms with Gasteiger partial charge in [-0.25, -0.2) is 4.39 Å². The number of rotatable bonds is 2. The van der Waals surface area contributed by atoms with Crippen LogP contribution in [0.4, 0.5) is 4.39 Å². The third-order valence-electron chi connectivity index (χ3n) is 2.28. The van der Waals surface area contributed by atoms with E-state index in [0.29, 0.717) is 12.4 Å². The van der Waals surface area contributed by atoms with Gasteiger partial charge in [-0.1, -0.05) is 6.07 Å². The summed E-state index contributed by atoms with van der Waals surface area (Å²) in [6, 6.07) is 4.20. The van der Waals surface area contributed by atoms with Gasteiger partial charge in [0.15, 0.2) is 0 Å². The summed E-state index contributed by atoms with van der Waals surface area (Å²) in [7, 11) is 0. The van der Waals surface area contributed by atoms with Crippen LogP contribution in [0.25, 0.3) is 0 Å². The first-order valence-corrected chi connectivity index (χ1v) is 4.31. The van der Waals surface area contributed by atoms with E-state index in [-0.39, 0.29) is 18.2 Å². The molecule has 0 saturated carbocycles. The van der Waals surface area contributed by atoms with Gasteiger partial charge in [-0.15, -0.1) is 0 Å². The molecule has 0 radical (unpaired) electrons.